The molecule has 0 fully saturated rings. The first kappa shape index (κ1) is 15.1. The predicted molar refractivity (Wildman–Crippen MR) is 78.9 cm³/mol. The summed E-state index contributed by atoms with van der Waals surface area (Å²) in [5.74, 6) is 5.23. The molecule has 0 radical (unpaired) electrons. The minimum absolute atomic E-state index is 0.174. The molecule has 106 valence electrons. The number of nitrogens with one attached hydrogen (secondary N) is 1. The van der Waals surface area contributed by atoms with E-state index in [0.29, 0.717) is 22.3 Å². The highest BCUT2D eigenvalue weighted by molar-refractivity contribution is 7.99. The van der Waals surface area contributed by atoms with Crippen LogP contribution < -0.4 is 11.3 Å². The summed E-state index contributed by atoms with van der Waals surface area (Å²) < 4.78 is 1.56. The molecule has 3 N–H and O–H groups in total. The van der Waals surface area contributed by atoms with Crippen molar-refractivity contribution in [3.05, 3.63) is 40.1 Å². The number of benzene rings is 1. The van der Waals surface area contributed by atoms with Crippen molar-refractivity contribution >= 4 is 40.9 Å². The third-order valence-electron chi connectivity index (χ3n) is 2.39. The number of carbonyl (C=O) groups excluding carboxylic acids is 1. The average molecular weight is 332 g/mol. The van der Waals surface area contributed by atoms with Gasteiger partial charge in [-0.1, -0.05) is 34.5 Å². The zero-order valence-electron chi connectivity index (χ0n) is 10.2. The van der Waals surface area contributed by atoms with E-state index in [-0.39, 0.29) is 5.69 Å². The van der Waals surface area contributed by atoms with Crippen LogP contribution in [-0.2, 0) is 6.54 Å². The van der Waals surface area contributed by atoms with E-state index >= 15 is 0 Å². The van der Waals surface area contributed by atoms with Crippen LogP contribution in [0.1, 0.15) is 10.5 Å². The Morgan fingerprint density at radius 2 is 2.10 bits per heavy atom. The van der Waals surface area contributed by atoms with Gasteiger partial charge in [0.1, 0.15) is 0 Å². The number of nitrogen functional groups attached to an aromatic ring is 1. The molecule has 0 saturated carbocycles. The van der Waals surface area contributed by atoms with E-state index in [2.05, 4.69) is 10.3 Å². The quantitative estimate of drug-likeness (QED) is 0.378. The third kappa shape index (κ3) is 3.63. The molecular formula is C11H11Cl2N5OS. The maximum Gasteiger partial charge on any atom is 0.287 e. The van der Waals surface area contributed by atoms with E-state index in [4.69, 9.17) is 29.0 Å². The normalized spacial score (nSPS) is 10.6. The first-order valence-corrected chi connectivity index (χ1v) is 7.34. The molecule has 1 amide bonds. The Balaban J connectivity index is 1.93. The molecule has 0 atom stereocenters. The van der Waals surface area contributed by atoms with Crippen molar-refractivity contribution in [1.29, 1.82) is 0 Å². The summed E-state index contributed by atoms with van der Waals surface area (Å²) in [6, 6.07) is 5.37. The summed E-state index contributed by atoms with van der Waals surface area (Å²) in [5.41, 5.74) is 2.17. The molecule has 0 aliphatic carbocycles. The van der Waals surface area contributed by atoms with Gasteiger partial charge in [0, 0.05) is 10.6 Å². The van der Waals surface area contributed by atoms with Gasteiger partial charge >= 0.3 is 0 Å². The number of hydrogen-bond acceptors (Lipinski definition) is 5. The third-order valence-corrected chi connectivity index (χ3v) is 4.36. The predicted octanol–water partition coefficient (Wildman–Crippen LogP) is 1.98. The highest BCUT2D eigenvalue weighted by Gasteiger charge is 2.09. The van der Waals surface area contributed by atoms with E-state index in [1.54, 1.807) is 22.9 Å². The fraction of sp³-hybridized carbons (Fsp3) is 0.182. The maximum atomic E-state index is 11.2. The average Bonchev–Trinajstić information content (AvgIpc) is 2.90. The number of amides is 1. The number of aryl methyl sites for hydroxylation is 1. The van der Waals surface area contributed by atoms with Crippen molar-refractivity contribution in [2.75, 3.05) is 5.75 Å². The number of nitrogens with zero attached hydrogens (tertiary/aromatic N) is 3. The Hall–Kier alpha value is -1.28. The SMILES string of the molecule is NNC(=O)c1cn(CCSc2c(Cl)cccc2Cl)nn1. The van der Waals surface area contributed by atoms with Crippen LogP contribution in [0.3, 0.4) is 0 Å². The van der Waals surface area contributed by atoms with Gasteiger partial charge in [0.05, 0.1) is 22.8 Å². The van der Waals surface area contributed by atoms with Gasteiger partial charge in [0.2, 0.25) is 0 Å². The number of thioether (sulfide) groups is 1. The Morgan fingerprint density at radius 1 is 1.40 bits per heavy atom. The minimum Gasteiger partial charge on any atom is -0.289 e. The van der Waals surface area contributed by atoms with Gasteiger partial charge in [-0.05, 0) is 12.1 Å². The fourth-order valence-corrected chi connectivity index (χ4v) is 3.07. The largest absolute Gasteiger partial charge is 0.289 e. The van der Waals surface area contributed by atoms with Crippen LogP contribution in [0.5, 0.6) is 0 Å². The summed E-state index contributed by atoms with van der Waals surface area (Å²) >= 11 is 13.7. The van der Waals surface area contributed by atoms with Gasteiger partial charge in [-0.15, -0.1) is 16.9 Å². The Bertz CT molecular complexity index is 598. The molecule has 2 rings (SSSR count). The summed E-state index contributed by atoms with van der Waals surface area (Å²) in [4.78, 5) is 12.0. The lowest BCUT2D eigenvalue weighted by Gasteiger charge is -2.06. The molecule has 0 aliphatic heterocycles. The Kier molecular flexibility index (Phi) is 5.24. The lowest BCUT2D eigenvalue weighted by molar-refractivity contribution is 0.0948. The van der Waals surface area contributed by atoms with Crippen LogP contribution in [0.25, 0.3) is 0 Å². The van der Waals surface area contributed by atoms with Crippen molar-refractivity contribution in [3.63, 3.8) is 0 Å². The van der Waals surface area contributed by atoms with Crippen molar-refractivity contribution in [2.45, 2.75) is 11.4 Å². The second kappa shape index (κ2) is 6.94. The molecule has 0 aliphatic rings. The van der Waals surface area contributed by atoms with Crippen LogP contribution in [0.4, 0.5) is 0 Å². The van der Waals surface area contributed by atoms with Crippen molar-refractivity contribution in [2.24, 2.45) is 5.84 Å². The van der Waals surface area contributed by atoms with Gasteiger partial charge in [0.25, 0.3) is 5.91 Å². The number of carbonyl (C=O) groups is 1. The molecule has 1 aromatic carbocycles. The van der Waals surface area contributed by atoms with Crippen LogP contribution in [0, 0.1) is 0 Å². The molecule has 0 unspecified atom stereocenters. The number of hydrogen-bond donors (Lipinski definition) is 2. The topological polar surface area (TPSA) is 85.8 Å². The van der Waals surface area contributed by atoms with E-state index in [1.165, 1.54) is 18.0 Å². The smallest absolute Gasteiger partial charge is 0.287 e. The van der Waals surface area contributed by atoms with Gasteiger partial charge < -0.3 is 0 Å². The number of aromatic nitrogens is 3. The van der Waals surface area contributed by atoms with E-state index in [0.717, 1.165) is 4.90 Å². The van der Waals surface area contributed by atoms with Crippen molar-refractivity contribution < 1.29 is 4.79 Å². The molecule has 0 spiro atoms. The first-order valence-electron chi connectivity index (χ1n) is 5.59. The second-order valence-corrected chi connectivity index (χ2v) is 5.66. The Labute approximate surface area is 129 Å². The number of halogens is 2. The second-order valence-electron chi connectivity index (χ2n) is 3.74. The molecule has 0 bridgehead atoms. The van der Waals surface area contributed by atoms with E-state index < -0.39 is 5.91 Å². The van der Waals surface area contributed by atoms with E-state index in [1.807, 2.05) is 5.43 Å². The lowest BCUT2D eigenvalue weighted by atomic mass is 10.4. The van der Waals surface area contributed by atoms with Crippen LogP contribution in [0.15, 0.2) is 29.3 Å². The fourth-order valence-electron chi connectivity index (χ4n) is 1.45. The van der Waals surface area contributed by atoms with E-state index in [9.17, 15) is 4.79 Å². The molecular weight excluding hydrogens is 321 g/mol. The minimum atomic E-state index is -0.474. The summed E-state index contributed by atoms with van der Waals surface area (Å²) in [5, 5.41) is 8.77. The zero-order chi connectivity index (χ0) is 14.5. The van der Waals surface area contributed by atoms with Crippen LogP contribution >= 0.6 is 35.0 Å². The van der Waals surface area contributed by atoms with Gasteiger partial charge in [0.15, 0.2) is 5.69 Å². The summed E-state index contributed by atoms with van der Waals surface area (Å²) in [7, 11) is 0. The summed E-state index contributed by atoms with van der Waals surface area (Å²) in [6.07, 6.45) is 1.52. The molecule has 6 nitrogen and oxygen atoms in total. The number of hydrazine groups is 1. The van der Waals surface area contributed by atoms with Crippen molar-refractivity contribution in [1.82, 2.24) is 20.4 Å². The molecule has 9 heteroatoms. The summed E-state index contributed by atoms with van der Waals surface area (Å²) in [6.45, 7) is 0.567. The van der Waals surface area contributed by atoms with Gasteiger partial charge in [-0.3, -0.25) is 14.9 Å². The number of rotatable bonds is 5. The monoisotopic (exact) mass is 331 g/mol. The molecule has 20 heavy (non-hydrogen) atoms. The van der Waals surface area contributed by atoms with Crippen LogP contribution in [0.2, 0.25) is 10.0 Å². The number of nitrogens with two attached hydrogens (primary N) is 1. The standard InChI is InChI=1S/C11H11Cl2N5OS/c12-7-2-1-3-8(13)10(7)20-5-4-18-6-9(16-17-18)11(19)15-14/h1-3,6H,4-5,14H2,(H,15,19). The molecule has 1 heterocycles. The van der Waals surface area contributed by atoms with Crippen molar-refractivity contribution in [3.8, 4) is 0 Å². The first-order chi connectivity index (χ1) is 9.61. The molecule has 1 aromatic heterocycles. The molecule has 0 saturated heterocycles. The van der Waals surface area contributed by atoms with Crippen LogP contribution in [-0.4, -0.2) is 26.7 Å². The Morgan fingerprint density at radius 3 is 2.75 bits per heavy atom. The van der Waals surface area contributed by atoms with Gasteiger partial charge in [-0.2, -0.15) is 0 Å². The lowest BCUT2D eigenvalue weighted by Crippen LogP contribution is -2.30. The highest BCUT2D eigenvalue weighted by atomic mass is 35.5. The zero-order valence-corrected chi connectivity index (χ0v) is 12.5. The van der Waals surface area contributed by atoms with Gasteiger partial charge in [-0.25, -0.2) is 5.84 Å². The highest BCUT2D eigenvalue weighted by Crippen LogP contribution is 2.33. The molecule has 2 aromatic rings. The maximum absolute atomic E-state index is 11.2.